The molecule has 148 valence electrons. The Morgan fingerprint density at radius 2 is 1.07 bits per heavy atom. The van der Waals surface area contributed by atoms with Crippen molar-refractivity contribution in [2.75, 3.05) is 0 Å². The molecule has 0 fully saturated rings. The van der Waals surface area contributed by atoms with E-state index in [0.717, 1.165) is 11.1 Å². The molecule has 0 spiro atoms. The van der Waals surface area contributed by atoms with Gasteiger partial charge in [0.2, 0.25) is 0 Å². The van der Waals surface area contributed by atoms with Crippen molar-refractivity contribution in [2.24, 2.45) is 0 Å². The van der Waals surface area contributed by atoms with Crippen LogP contribution in [0.4, 0.5) is 0 Å². The first-order chi connectivity index (χ1) is 12.3. The quantitative estimate of drug-likeness (QED) is 0.692. The van der Waals surface area contributed by atoms with Crippen molar-refractivity contribution in [1.29, 1.82) is 0 Å². The monoisotopic (exact) mass is 412 g/mol. The Bertz CT molecular complexity index is 970. The molecule has 0 amide bonds. The standard InChI is InChI=1S/C19H24O6S2/c1-12-5-7-18(26(20,21)22)16(9-12)14(3)11-15(4)17-10-13(2)6-8-19(17)27(23,24)25/h5-10,14-15H,11H2,1-4H3,(H,20,21,22)(H,23,24,25)/t14-,15+. The smallest absolute Gasteiger partial charge is 0.282 e. The van der Waals surface area contributed by atoms with Crippen LogP contribution in [-0.2, 0) is 20.2 Å². The lowest BCUT2D eigenvalue weighted by Gasteiger charge is -2.22. The summed E-state index contributed by atoms with van der Waals surface area (Å²) in [4.78, 5) is -0.293. The third kappa shape index (κ3) is 5.16. The van der Waals surface area contributed by atoms with E-state index >= 15 is 0 Å². The fourth-order valence-electron chi connectivity index (χ4n) is 3.36. The lowest BCUT2D eigenvalue weighted by Crippen LogP contribution is -2.11. The van der Waals surface area contributed by atoms with E-state index in [1.807, 2.05) is 27.7 Å². The van der Waals surface area contributed by atoms with E-state index in [9.17, 15) is 25.9 Å². The molecule has 27 heavy (non-hydrogen) atoms. The van der Waals surface area contributed by atoms with Gasteiger partial charge in [-0.1, -0.05) is 49.2 Å². The van der Waals surface area contributed by atoms with Gasteiger partial charge < -0.3 is 0 Å². The Morgan fingerprint density at radius 1 is 0.741 bits per heavy atom. The Kier molecular flexibility index (Phi) is 6.16. The van der Waals surface area contributed by atoms with Crippen LogP contribution in [0.1, 0.15) is 54.4 Å². The first-order valence-electron chi connectivity index (χ1n) is 8.46. The highest BCUT2D eigenvalue weighted by Crippen LogP contribution is 2.35. The average molecular weight is 413 g/mol. The van der Waals surface area contributed by atoms with E-state index < -0.39 is 20.2 Å². The Hall–Kier alpha value is -1.74. The minimum atomic E-state index is -4.37. The van der Waals surface area contributed by atoms with E-state index in [-0.39, 0.29) is 21.6 Å². The molecule has 0 radical (unpaired) electrons. The lowest BCUT2D eigenvalue weighted by molar-refractivity contribution is 0.478. The summed E-state index contributed by atoms with van der Waals surface area (Å²) in [6.45, 7) is 7.29. The molecule has 2 aromatic rings. The summed E-state index contributed by atoms with van der Waals surface area (Å²) in [6, 6.07) is 9.38. The number of rotatable bonds is 6. The topological polar surface area (TPSA) is 109 Å². The summed E-state index contributed by atoms with van der Waals surface area (Å²) < 4.78 is 65.8. The first kappa shape index (κ1) is 21.6. The first-order valence-corrected chi connectivity index (χ1v) is 11.3. The molecule has 0 aliphatic rings. The third-order valence-corrected chi connectivity index (χ3v) is 6.51. The highest BCUT2D eigenvalue weighted by atomic mass is 32.2. The second-order valence-corrected chi connectivity index (χ2v) is 9.85. The molecule has 0 bridgehead atoms. The van der Waals surface area contributed by atoms with Gasteiger partial charge in [-0.3, -0.25) is 9.11 Å². The van der Waals surface area contributed by atoms with Crippen LogP contribution in [0.15, 0.2) is 46.2 Å². The fourth-order valence-corrected chi connectivity index (χ4v) is 4.96. The van der Waals surface area contributed by atoms with Crippen molar-refractivity contribution in [3.8, 4) is 0 Å². The molecule has 2 N–H and O–H groups in total. The Morgan fingerprint density at radius 3 is 1.37 bits per heavy atom. The highest BCUT2D eigenvalue weighted by Gasteiger charge is 2.24. The van der Waals surface area contributed by atoms with Gasteiger partial charge in [0.25, 0.3) is 20.2 Å². The zero-order valence-electron chi connectivity index (χ0n) is 15.7. The minimum absolute atomic E-state index is 0.146. The van der Waals surface area contributed by atoms with Crippen molar-refractivity contribution in [1.82, 2.24) is 0 Å². The average Bonchev–Trinajstić information content (AvgIpc) is 2.52. The molecule has 0 saturated carbocycles. The van der Waals surface area contributed by atoms with Crippen molar-refractivity contribution in [2.45, 2.75) is 55.7 Å². The molecule has 2 atom stereocenters. The van der Waals surface area contributed by atoms with Gasteiger partial charge in [-0.2, -0.15) is 16.8 Å². The Labute approximate surface area is 160 Å². The predicted octanol–water partition coefficient (Wildman–Crippen LogP) is 4.09. The number of hydrogen-bond acceptors (Lipinski definition) is 4. The minimum Gasteiger partial charge on any atom is -0.282 e. The van der Waals surface area contributed by atoms with Gasteiger partial charge in [0, 0.05) is 0 Å². The van der Waals surface area contributed by atoms with Crippen LogP contribution in [0.25, 0.3) is 0 Å². The van der Waals surface area contributed by atoms with Crippen molar-refractivity contribution in [3.05, 3.63) is 58.7 Å². The van der Waals surface area contributed by atoms with Gasteiger partial charge in [-0.05, 0) is 55.4 Å². The molecule has 0 aliphatic heterocycles. The van der Waals surface area contributed by atoms with E-state index in [1.54, 1.807) is 24.3 Å². The van der Waals surface area contributed by atoms with Gasteiger partial charge in [-0.15, -0.1) is 0 Å². The summed E-state index contributed by atoms with van der Waals surface area (Å²) in [7, 11) is -8.74. The van der Waals surface area contributed by atoms with E-state index in [1.165, 1.54) is 12.1 Å². The maximum Gasteiger partial charge on any atom is 0.294 e. The molecule has 2 rings (SSSR count). The van der Waals surface area contributed by atoms with E-state index in [4.69, 9.17) is 0 Å². The molecule has 8 heteroatoms. The van der Waals surface area contributed by atoms with Gasteiger partial charge in [-0.25, -0.2) is 0 Å². The molecule has 6 nitrogen and oxygen atoms in total. The largest absolute Gasteiger partial charge is 0.294 e. The van der Waals surface area contributed by atoms with Gasteiger partial charge in [0.05, 0.1) is 9.79 Å². The molecule has 0 heterocycles. The van der Waals surface area contributed by atoms with Crippen LogP contribution in [0, 0.1) is 13.8 Å². The second-order valence-electron chi connectivity index (χ2n) is 7.07. The Balaban J connectivity index is 2.45. The molecule has 0 aliphatic carbocycles. The number of aryl methyl sites for hydroxylation is 2. The van der Waals surface area contributed by atoms with Crippen LogP contribution in [0.5, 0.6) is 0 Å². The number of benzene rings is 2. The summed E-state index contributed by atoms with van der Waals surface area (Å²) >= 11 is 0. The van der Waals surface area contributed by atoms with Crippen LogP contribution < -0.4 is 0 Å². The summed E-state index contributed by atoms with van der Waals surface area (Å²) in [6.07, 6.45) is 0.429. The van der Waals surface area contributed by atoms with Gasteiger partial charge >= 0.3 is 0 Å². The van der Waals surface area contributed by atoms with Crippen molar-refractivity contribution in [3.63, 3.8) is 0 Å². The molecular formula is C19H24O6S2. The van der Waals surface area contributed by atoms with Crippen LogP contribution >= 0.6 is 0 Å². The predicted molar refractivity (Wildman–Crippen MR) is 103 cm³/mol. The van der Waals surface area contributed by atoms with Crippen molar-refractivity contribution >= 4 is 20.2 Å². The van der Waals surface area contributed by atoms with Gasteiger partial charge in [0.15, 0.2) is 0 Å². The lowest BCUT2D eigenvalue weighted by atomic mass is 9.86. The van der Waals surface area contributed by atoms with Crippen LogP contribution in [0.2, 0.25) is 0 Å². The fraction of sp³-hybridized carbons (Fsp3) is 0.368. The molecule has 2 aromatic carbocycles. The summed E-state index contributed by atoms with van der Waals surface area (Å²) in [5, 5.41) is 0. The summed E-state index contributed by atoms with van der Waals surface area (Å²) in [5.74, 6) is -0.543. The zero-order valence-corrected chi connectivity index (χ0v) is 17.3. The van der Waals surface area contributed by atoms with Crippen LogP contribution in [-0.4, -0.2) is 25.9 Å². The number of hydrogen-bond donors (Lipinski definition) is 2. The maximum atomic E-state index is 11.7. The maximum absolute atomic E-state index is 11.7. The highest BCUT2D eigenvalue weighted by molar-refractivity contribution is 7.86. The molecule has 0 aromatic heterocycles. The van der Waals surface area contributed by atoms with E-state index in [0.29, 0.717) is 17.5 Å². The molecule has 0 unspecified atom stereocenters. The van der Waals surface area contributed by atoms with Crippen LogP contribution in [0.3, 0.4) is 0 Å². The normalized spacial score (nSPS) is 14.7. The van der Waals surface area contributed by atoms with E-state index in [2.05, 4.69) is 0 Å². The third-order valence-electron chi connectivity index (χ3n) is 4.66. The molecular weight excluding hydrogens is 388 g/mol. The summed E-state index contributed by atoms with van der Waals surface area (Å²) in [5.41, 5.74) is 2.66. The van der Waals surface area contributed by atoms with Crippen molar-refractivity contribution < 1.29 is 25.9 Å². The van der Waals surface area contributed by atoms with Gasteiger partial charge in [0.1, 0.15) is 0 Å². The molecule has 0 saturated heterocycles. The zero-order chi connectivity index (χ0) is 20.6. The second kappa shape index (κ2) is 7.71. The SMILES string of the molecule is Cc1ccc(S(=O)(=O)O)c([C@H](C)C[C@H](C)c2cc(C)ccc2S(=O)(=O)O)c1.